The van der Waals surface area contributed by atoms with Crippen LogP contribution in [0.25, 0.3) is 0 Å². The summed E-state index contributed by atoms with van der Waals surface area (Å²) in [5.74, 6) is 0.343. The molecule has 0 saturated carbocycles. The Morgan fingerprint density at radius 2 is 2.29 bits per heavy atom. The van der Waals surface area contributed by atoms with Crippen molar-refractivity contribution in [2.45, 2.75) is 39.2 Å². The summed E-state index contributed by atoms with van der Waals surface area (Å²) in [5, 5.41) is 12.5. The quantitative estimate of drug-likeness (QED) is 0.759. The maximum absolute atomic E-state index is 14.3. The third-order valence-corrected chi connectivity index (χ3v) is 4.19. The second-order valence-electron chi connectivity index (χ2n) is 5.89. The fraction of sp³-hybridized carbons (Fsp3) is 0.647. The van der Waals surface area contributed by atoms with Gasteiger partial charge in [-0.3, -0.25) is 0 Å². The molecule has 1 saturated heterocycles. The van der Waals surface area contributed by atoms with E-state index >= 15 is 0 Å². The first-order valence-electron chi connectivity index (χ1n) is 8.10. The molecule has 1 aliphatic heterocycles. The van der Waals surface area contributed by atoms with Gasteiger partial charge >= 0.3 is 0 Å². The van der Waals surface area contributed by atoms with Crippen molar-refractivity contribution < 1.29 is 9.50 Å². The van der Waals surface area contributed by atoms with Crippen LogP contribution in [0.4, 0.5) is 10.1 Å². The van der Waals surface area contributed by atoms with E-state index in [0.717, 1.165) is 56.6 Å². The predicted molar refractivity (Wildman–Crippen MR) is 85.0 cm³/mol. The van der Waals surface area contributed by atoms with Crippen molar-refractivity contribution in [1.29, 1.82) is 0 Å². The topological polar surface area (TPSA) is 35.5 Å². The predicted octanol–water partition coefficient (Wildman–Crippen LogP) is 2.92. The fourth-order valence-corrected chi connectivity index (χ4v) is 3.14. The zero-order valence-corrected chi connectivity index (χ0v) is 12.9. The molecule has 1 fully saturated rings. The molecule has 0 amide bonds. The highest BCUT2D eigenvalue weighted by atomic mass is 19.1. The second kappa shape index (κ2) is 8.35. The Labute approximate surface area is 127 Å². The highest BCUT2D eigenvalue weighted by Crippen LogP contribution is 2.30. The summed E-state index contributed by atoms with van der Waals surface area (Å²) >= 11 is 0. The molecule has 1 aromatic carbocycles. The van der Waals surface area contributed by atoms with E-state index in [4.69, 9.17) is 5.11 Å². The van der Waals surface area contributed by atoms with Crippen LogP contribution >= 0.6 is 0 Å². The zero-order chi connectivity index (χ0) is 15.1. The molecule has 1 atom stereocenters. The summed E-state index contributed by atoms with van der Waals surface area (Å²) in [6, 6.07) is 5.35. The normalized spacial score (nSPS) is 19.0. The van der Waals surface area contributed by atoms with Crippen molar-refractivity contribution in [2.75, 3.05) is 31.1 Å². The Morgan fingerprint density at radius 3 is 3.05 bits per heavy atom. The molecule has 2 N–H and O–H groups in total. The number of benzene rings is 1. The van der Waals surface area contributed by atoms with E-state index in [0.29, 0.717) is 12.5 Å². The summed E-state index contributed by atoms with van der Waals surface area (Å²) in [4.78, 5) is 2.17. The molecule has 1 unspecified atom stereocenters. The average Bonchev–Trinajstić information content (AvgIpc) is 2.48. The number of piperidine rings is 1. The molecule has 0 aliphatic carbocycles. The second-order valence-corrected chi connectivity index (χ2v) is 5.89. The lowest BCUT2D eigenvalue weighted by Crippen LogP contribution is -2.37. The van der Waals surface area contributed by atoms with Crippen LogP contribution in [-0.4, -0.2) is 31.3 Å². The molecule has 2 rings (SSSR count). The van der Waals surface area contributed by atoms with E-state index in [2.05, 4.69) is 17.1 Å². The zero-order valence-electron chi connectivity index (χ0n) is 12.9. The minimum Gasteiger partial charge on any atom is -0.396 e. The number of hydrogen-bond donors (Lipinski definition) is 2. The van der Waals surface area contributed by atoms with Crippen LogP contribution in [0.5, 0.6) is 0 Å². The van der Waals surface area contributed by atoms with Crippen LogP contribution < -0.4 is 10.2 Å². The molecule has 1 heterocycles. The molecule has 3 nitrogen and oxygen atoms in total. The molecule has 0 radical (unpaired) electrons. The van der Waals surface area contributed by atoms with Gasteiger partial charge in [-0.25, -0.2) is 4.39 Å². The molecule has 0 spiro atoms. The van der Waals surface area contributed by atoms with Gasteiger partial charge in [0, 0.05) is 26.2 Å². The molecule has 0 aromatic heterocycles. The van der Waals surface area contributed by atoms with Crippen molar-refractivity contribution in [1.82, 2.24) is 5.32 Å². The number of para-hydroxylation sites is 1. The molecule has 0 bridgehead atoms. The third-order valence-electron chi connectivity index (χ3n) is 4.19. The summed E-state index contributed by atoms with van der Waals surface area (Å²) in [6.07, 6.45) is 4.09. The van der Waals surface area contributed by atoms with Gasteiger partial charge in [-0.05, 0) is 49.8 Å². The average molecular weight is 294 g/mol. The maximum Gasteiger partial charge on any atom is 0.146 e. The number of hydrogen-bond acceptors (Lipinski definition) is 3. The van der Waals surface area contributed by atoms with Gasteiger partial charge in [0.05, 0.1) is 5.69 Å². The molecule has 118 valence electrons. The number of rotatable bonds is 7. The third kappa shape index (κ3) is 4.42. The monoisotopic (exact) mass is 294 g/mol. The maximum atomic E-state index is 14.3. The molecule has 1 aliphatic rings. The molecule has 21 heavy (non-hydrogen) atoms. The smallest absolute Gasteiger partial charge is 0.146 e. The Bertz CT molecular complexity index is 437. The van der Waals surface area contributed by atoms with E-state index < -0.39 is 0 Å². The van der Waals surface area contributed by atoms with E-state index in [9.17, 15) is 4.39 Å². The van der Waals surface area contributed by atoms with Crippen molar-refractivity contribution in [3.8, 4) is 0 Å². The SMILES string of the molecule is CCCNCc1cccc(F)c1N1CCCC(CCO)C1. The minimum atomic E-state index is -0.129. The lowest BCUT2D eigenvalue weighted by Gasteiger charge is -2.35. The molecular formula is C17H27FN2O. The van der Waals surface area contributed by atoms with Gasteiger partial charge in [-0.1, -0.05) is 19.1 Å². The Morgan fingerprint density at radius 1 is 1.43 bits per heavy atom. The first kappa shape index (κ1) is 16.2. The van der Waals surface area contributed by atoms with Crippen LogP contribution in [0, 0.1) is 11.7 Å². The fourth-order valence-electron chi connectivity index (χ4n) is 3.14. The summed E-state index contributed by atoms with van der Waals surface area (Å²) in [6.45, 7) is 5.77. The number of aliphatic hydroxyl groups excluding tert-OH is 1. The number of aliphatic hydroxyl groups is 1. The van der Waals surface area contributed by atoms with Gasteiger partial charge in [0.15, 0.2) is 0 Å². The van der Waals surface area contributed by atoms with Crippen LogP contribution in [0.1, 0.15) is 38.2 Å². The van der Waals surface area contributed by atoms with Gasteiger partial charge in [0.25, 0.3) is 0 Å². The summed E-state index contributed by atoms with van der Waals surface area (Å²) in [5.41, 5.74) is 1.79. The Kier molecular flexibility index (Phi) is 6.46. The van der Waals surface area contributed by atoms with Crippen LogP contribution in [0.2, 0.25) is 0 Å². The van der Waals surface area contributed by atoms with E-state index in [1.165, 1.54) is 0 Å². The standard InChI is InChI=1S/C17H27FN2O/c1-2-9-19-12-15-6-3-7-16(18)17(15)20-10-4-5-14(13-20)8-11-21/h3,6-7,14,19,21H,2,4-5,8-13H2,1H3. The lowest BCUT2D eigenvalue weighted by molar-refractivity contribution is 0.244. The molecule has 1 aromatic rings. The van der Waals surface area contributed by atoms with Gasteiger partial charge in [-0.2, -0.15) is 0 Å². The van der Waals surface area contributed by atoms with E-state index in [1.54, 1.807) is 12.1 Å². The number of nitrogens with one attached hydrogen (secondary N) is 1. The lowest BCUT2D eigenvalue weighted by atomic mass is 9.94. The van der Waals surface area contributed by atoms with E-state index in [1.807, 2.05) is 6.07 Å². The highest BCUT2D eigenvalue weighted by molar-refractivity contribution is 5.55. The first-order valence-corrected chi connectivity index (χ1v) is 8.10. The minimum absolute atomic E-state index is 0.129. The Hall–Kier alpha value is -1.13. The Balaban J connectivity index is 2.13. The van der Waals surface area contributed by atoms with Gasteiger partial charge in [0.2, 0.25) is 0 Å². The summed E-state index contributed by atoms with van der Waals surface area (Å²) < 4.78 is 14.3. The largest absolute Gasteiger partial charge is 0.396 e. The van der Waals surface area contributed by atoms with E-state index in [-0.39, 0.29) is 12.4 Å². The number of anilines is 1. The van der Waals surface area contributed by atoms with Crippen LogP contribution in [0.15, 0.2) is 18.2 Å². The van der Waals surface area contributed by atoms with Crippen LogP contribution in [0.3, 0.4) is 0 Å². The number of halogens is 1. The van der Waals surface area contributed by atoms with Crippen molar-refractivity contribution >= 4 is 5.69 Å². The first-order chi connectivity index (χ1) is 10.3. The van der Waals surface area contributed by atoms with Crippen LogP contribution in [-0.2, 0) is 6.54 Å². The summed E-state index contributed by atoms with van der Waals surface area (Å²) in [7, 11) is 0. The number of nitrogens with zero attached hydrogens (tertiary/aromatic N) is 1. The highest BCUT2D eigenvalue weighted by Gasteiger charge is 2.23. The molecular weight excluding hydrogens is 267 g/mol. The van der Waals surface area contributed by atoms with Crippen molar-refractivity contribution in [3.63, 3.8) is 0 Å². The van der Waals surface area contributed by atoms with Gasteiger partial charge < -0.3 is 15.3 Å². The molecule has 4 heteroatoms. The van der Waals surface area contributed by atoms with Crippen molar-refractivity contribution in [3.05, 3.63) is 29.6 Å². The van der Waals surface area contributed by atoms with Gasteiger partial charge in [-0.15, -0.1) is 0 Å². The van der Waals surface area contributed by atoms with Crippen molar-refractivity contribution in [2.24, 2.45) is 5.92 Å². The van der Waals surface area contributed by atoms with Gasteiger partial charge in [0.1, 0.15) is 5.82 Å².